The van der Waals surface area contributed by atoms with E-state index >= 15 is 0 Å². The van der Waals surface area contributed by atoms with E-state index in [2.05, 4.69) is 5.32 Å². The molecule has 0 aliphatic heterocycles. The molecule has 4 aromatic carbocycles. The summed E-state index contributed by atoms with van der Waals surface area (Å²) >= 11 is 12.8. The van der Waals surface area contributed by atoms with Crippen LogP contribution in [0.4, 0.5) is 5.69 Å². The van der Waals surface area contributed by atoms with Gasteiger partial charge in [0, 0.05) is 24.0 Å². The van der Waals surface area contributed by atoms with Gasteiger partial charge in [0.05, 0.1) is 15.6 Å². The lowest BCUT2D eigenvalue weighted by molar-refractivity contribution is -0.140. The molecule has 10 heteroatoms. The second kappa shape index (κ2) is 15.4. The van der Waals surface area contributed by atoms with E-state index in [9.17, 15) is 18.0 Å². The second-order valence-electron chi connectivity index (χ2n) is 11.0. The molecule has 0 saturated carbocycles. The highest BCUT2D eigenvalue weighted by molar-refractivity contribution is 7.92. The number of rotatable bonds is 13. The lowest BCUT2D eigenvalue weighted by Gasteiger charge is -2.34. The third-order valence-corrected chi connectivity index (χ3v) is 9.82. The molecule has 0 radical (unpaired) electrons. The standard InChI is InChI=1S/C35H37Cl2N3O4S/c1-4-26(3)38-35(42)33(21-27-13-7-5-8-14-27)39(23-28-15-11-12-25(2)20-28)34(41)24-40(32-22-29(36)18-19-31(32)37)45(43,44)30-16-9-6-10-17-30/h5-20,22,26,33H,4,21,23-24H2,1-3H3,(H,38,42)/t26-,33+/m1/s1. The Hall–Kier alpha value is -3.85. The van der Waals surface area contributed by atoms with Crippen LogP contribution in [0.2, 0.25) is 10.0 Å². The third-order valence-electron chi connectivity index (χ3n) is 7.49. The number of anilines is 1. The Morgan fingerprint density at radius 1 is 0.844 bits per heavy atom. The van der Waals surface area contributed by atoms with Crippen LogP contribution in [0.1, 0.15) is 37.0 Å². The van der Waals surface area contributed by atoms with Crippen molar-refractivity contribution in [3.63, 3.8) is 0 Å². The molecular weight excluding hydrogens is 629 g/mol. The maximum absolute atomic E-state index is 14.5. The van der Waals surface area contributed by atoms with Crippen molar-refractivity contribution in [2.75, 3.05) is 10.8 Å². The van der Waals surface area contributed by atoms with E-state index in [1.807, 2.05) is 75.4 Å². The number of amides is 2. The third kappa shape index (κ3) is 8.87. The molecule has 0 fully saturated rings. The van der Waals surface area contributed by atoms with Gasteiger partial charge in [-0.1, -0.05) is 108 Å². The summed E-state index contributed by atoms with van der Waals surface area (Å²) in [6, 6.07) is 28.3. The van der Waals surface area contributed by atoms with Crippen LogP contribution in [-0.4, -0.2) is 43.8 Å². The highest BCUT2D eigenvalue weighted by atomic mass is 35.5. The van der Waals surface area contributed by atoms with Crippen LogP contribution >= 0.6 is 23.2 Å². The van der Waals surface area contributed by atoms with Crippen LogP contribution in [0.25, 0.3) is 0 Å². The van der Waals surface area contributed by atoms with Crippen molar-refractivity contribution in [3.05, 3.63) is 130 Å². The first kappa shape index (κ1) is 34.0. The van der Waals surface area contributed by atoms with Gasteiger partial charge in [0.2, 0.25) is 11.8 Å². The molecule has 1 N–H and O–H groups in total. The minimum absolute atomic E-state index is 0.0191. The Kier molecular flexibility index (Phi) is 11.7. The Bertz CT molecular complexity index is 1720. The summed E-state index contributed by atoms with van der Waals surface area (Å²) < 4.78 is 29.2. The first-order valence-corrected chi connectivity index (χ1v) is 16.9. The van der Waals surface area contributed by atoms with Gasteiger partial charge in [-0.05, 0) is 61.7 Å². The first-order valence-electron chi connectivity index (χ1n) is 14.7. The molecule has 0 saturated heterocycles. The number of carbonyl (C=O) groups excluding carboxylic acids is 2. The lowest BCUT2D eigenvalue weighted by atomic mass is 10.0. The summed E-state index contributed by atoms with van der Waals surface area (Å²) in [5.74, 6) is -0.903. The molecule has 0 aliphatic carbocycles. The number of hydrogen-bond donors (Lipinski definition) is 1. The fourth-order valence-electron chi connectivity index (χ4n) is 4.91. The second-order valence-corrected chi connectivity index (χ2v) is 13.7. The van der Waals surface area contributed by atoms with Crippen molar-refractivity contribution in [2.24, 2.45) is 0 Å². The summed E-state index contributed by atoms with van der Waals surface area (Å²) in [4.78, 5) is 29.9. The van der Waals surface area contributed by atoms with Crippen LogP contribution in [0.5, 0.6) is 0 Å². The summed E-state index contributed by atoms with van der Waals surface area (Å²) in [5, 5.41) is 3.39. The molecule has 0 spiro atoms. The Balaban J connectivity index is 1.83. The Morgan fingerprint density at radius 3 is 2.13 bits per heavy atom. The summed E-state index contributed by atoms with van der Waals surface area (Å²) in [5.41, 5.74) is 2.70. The van der Waals surface area contributed by atoms with Gasteiger partial charge in [0.25, 0.3) is 10.0 Å². The van der Waals surface area contributed by atoms with Crippen molar-refractivity contribution >= 4 is 50.7 Å². The molecule has 7 nitrogen and oxygen atoms in total. The van der Waals surface area contributed by atoms with E-state index in [0.717, 1.165) is 21.0 Å². The smallest absolute Gasteiger partial charge is 0.264 e. The van der Waals surface area contributed by atoms with Crippen LogP contribution < -0.4 is 9.62 Å². The lowest BCUT2D eigenvalue weighted by Crippen LogP contribution is -2.54. The van der Waals surface area contributed by atoms with Crippen molar-refractivity contribution in [1.82, 2.24) is 10.2 Å². The van der Waals surface area contributed by atoms with Crippen LogP contribution in [-0.2, 0) is 32.6 Å². The summed E-state index contributed by atoms with van der Waals surface area (Å²) in [6.45, 7) is 5.27. The molecule has 236 valence electrons. The topological polar surface area (TPSA) is 86.8 Å². The highest BCUT2D eigenvalue weighted by Gasteiger charge is 2.35. The monoisotopic (exact) mass is 665 g/mol. The van der Waals surface area contributed by atoms with Crippen LogP contribution in [0.3, 0.4) is 0 Å². The SMILES string of the molecule is CC[C@@H](C)NC(=O)[C@H](Cc1ccccc1)N(Cc1cccc(C)c1)C(=O)CN(c1cc(Cl)ccc1Cl)S(=O)(=O)c1ccccc1. The van der Waals surface area contributed by atoms with Gasteiger partial charge in [-0.15, -0.1) is 0 Å². The number of sulfonamides is 1. The molecule has 0 aliphatic rings. The molecule has 45 heavy (non-hydrogen) atoms. The van der Waals surface area contributed by atoms with E-state index in [1.165, 1.54) is 29.2 Å². The van der Waals surface area contributed by atoms with E-state index in [0.29, 0.717) is 6.42 Å². The van der Waals surface area contributed by atoms with E-state index in [-0.39, 0.29) is 45.5 Å². The molecule has 4 rings (SSSR count). The van der Waals surface area contributed by atoms with Crippen molar-refractivity contribution in [3.8, 4) is 0 Å². The predicted molar refractivity (Wildman–Crippen MR) is 181 cm³/mol. The van der Waals surface area contributed by atoms with Gasteiger partial charge in [0.15, 0.2) is 0 Å². The number of benzene rings is 4. The van der Waals surface area contributed by atoms with Crippen LogP contribution in [0.15, 0.2) is 108 Å². The maximum atomic E-state index is 14.5. The number of nitrogens with zero attached hydrogens (tertiary/aromatic N) is 2. The van der Waals surface area contributed by atoms with Gasteiger partial charge in [-0.25, -0.2) is 8.42 Å². The fraction of sp³-hybridized carbons (Fsp3) is 0.257. The van der Waals surface area contributed by atoms with E-state index < -0.39 is 28.5 Å². The van der Waals surface area contributed by atoms with Crippen molar-refractivity contribution in [1.29, 1.82) is 0 Å². The molecule has 0 heterocycles. The maximum Gasteiger partial charge on any atom is 0.264 e. The normalized spacial score (nSPS) is 12.6. The highest BCUT2D eigenvalue weighted by Crippen LogP contribution is 2.33. The number of carbonyl (C=O) groups is 2. The van der Waals surface area contributed by atoms with E-state index in [1.54, 1.807) is 24.3 Å². The molecule has 4 aromatic rings. The number of aryl methyl sites for hydroxylation is 1. The minimum Gasteiger partial charge on any atom is -0.352 e. The zero-order valence-corrected chi connectivity index (χ0v) is 27.8. The van der Waals surface area contributed by atoms with Crippen molar-refractivity contribution < 1.29 is 18.0 Å². The largest absolute Gasteiger partial charge is 0.352 e. The van der Waals surface area contributed by atoms with Crippen LogP contribution in [0, 0.1) is 6.92 Å². The molecule has 0 bridgehead atoms. The molecule has 2 atom stereocenters. The summed E-state index contributed by atoms with van der Waals surface area (Å²) in [7, 11) is -4.29. The number of halogens is 2. The fourth-order valence-corrected chi connectivity index (χ4v) is 6.79. The van der Waals surface area contributed by atoms with Gasteiger partial charge in [-0.3, -0.25) is 13.9 Å². The van der Waals surface area contributed by atoms with Gasteiger partial charge in [0.1, 0.15) is 12.6 Å². The Labute approximate surface area is 275 Å². The Morgan fingerprint density at radius 2 is 1.49 bits per heavy atom. The van der Waals surface area contributed by atoms with Gasteiger partial charge in [-0.2, -0.15) is 0 Å². The molecule has 0 aromatic heterocycles. The van der Waals surface area contributed by atoms with Gasteiger partial charge >= 0.3 is 0 Å². The molecular formula is C35H37Cl2N3O4S. The average Bonchev–Trinajstić information content (AvgIpc) is 3.03. The zero-order valence-electron chi connectivity index (χ0n) is 25.5. The number of nitrogens with one attached hydrogen (secondary N) is 1. The average molecular weight is 667 g/mol. The zero-order chi connectivity index (χ0) is 32.6. The number of hydrogen-bond acceptors (Lipinski definition) is 4. The van der Waals surface area contributed by atoms with E-state index in [4.69, 9.17) is 23.2 Å². The first-order chi connectivity index (χ1) is 21.5. The molecule has 2 amide bonds. The molecule has 0 unspecified atom stereocenters. The predicted octanol–water partition coefficient (Wildman–Crippen LogP) is 7.05. The quantitative estimate of drug-likeness (QED) is 0.166. The minimum atomic E-state index is -4.29. The summed E-state index contributed by atoms with van der Waals surface area (Å²) in [6.07, 6.45) is 0.927. The van der Waals surface area contributed by atoms with Gasteiger partial charge < -0.3 is 10.2 Å². The van der Waals surface area contributed by atoms with Crippen molar-refractivity contribution in [2.45, 2.75) is 57.1 Å².